The maximum Gasteiger partial charge on any atom is 0.276 e. The molecule has 104 valence electrons. The second kappa shape index (κ2) is 6.01. The van der Waals surface area contributed by atoms with Gasteiger partial charge in [0.1, 0.15) is 23.9 Å². The normalized spacial score (nSPS) is 10.1. The van der Waals surface area contributed by atoms with E-state index in [1.807, 2.05) is 0 Å². The third-order valence-corrected chi connectivity index (χ3v) is 2.63. The number of ether oxygens (including phenoxy) is 2. The minimum atomic E-state index is -0.705. The Kier molecular flexibility index (Phi) is 4.14. The zero-order valence-corrected chi connectivity index (χ0v) is 10.7. The number of hydrogen-bond donors (Lipinski definition) is 0. The van der Waals surface area contributed by atoms with Crippen LogP contribution in [0.15, 0.2) is 42.5 Å². The molecular formula is C14H12FNO4. The summed E-state index contributed by atoms with van der Waals surface area (Å²) in [5.74, 6) is 0.131. The Labute approximate surface area is 114 Å². The summed E-state index contributed by atoms with van der Waals surface area (Å²) >= 11 is 0. The predicted molar refractivity (Wildman–Crippen MR) is 70.4 cm³/mol. The summed E-state index contributed by atoms with van der Waals surface area (Å²) in [7, 11) is 1.57. The van der Waals surface area contributed by atoms with E-state index in [9.17, 15) is 14.5 Å². The van der Waals surface area contributed by atoms with E-state index >= 15 is 0 Å². The number of nitro groups is 1. The lowest BCUT2D eigenvalue weighted by Crippen LogP contribution is -1.97. The Morgan fingerprint density at radius 2 is 1.85 bits per heavy atom. The van der Waals surface area contributed by atoms with Crippen molar-refractivity contribution in [1.29, 1.82) is 0 Å². The van der Waals surface area contributed by atoms with Crippen molar-refractivity contribution in [1.82, 2.24) is 0 Å². The third-order valence-electron chi connectivity index (χ3n) is 2.63. The minimum absolute atomic E-state index is 0.118. The summed E-state index contributed by atoms with van der Waals surface area (Å²) in [5, 5.41) is 10.6. The van der Waals surface area contributed by atoms with Crippen molar-refractivity contribution < 1.29 is 18.8 Å². The molecule has 20 heavy (non-hydrogen) atoms. The number of nitrogens with zero attached hydrogens (tertiary/aromatic N) is 1. The minimum Gasteiger partial charge on any atom is -0.497 e. The van der Waals surface area contributed by atoms with Crippen LogP contribution >= 0.6 is 0 Å². The van der Waals surface area contributed by atoms with E-state index in [0.29, 0.717) is 0 Å². The van der Waals surface area contributed by atoms with Crippen LogP contribution in [0.2, 0.25) is 0 Å². The molecule has 2 aromatic carbocycles. The highest BCUT2D eigenvalue weighted by atomic mass is 19.1. The smallest absolute Gasteiger partial charge is 0.276 e. The fraction of sp³-hybridized carbons (Fsp3) is 0.143. The quantitative estimate of drug-likeness (QED) is 0.621. The number of halogens is 1. The summed E-state index contributed by atoms with van der Waals surface area (Å²) in [6.45, 7) is 0.185. The molecule has 5 nitrogen and oxygen atoms in total. The molecule has 0 fully saturated rings. The van der Waals surface area contributed by atoms with Gasteiger partial charge >= 0.3 is 0 Å². The SMILES string of the molecule is COc1ccc(COc2cc(F)cc([N+](=O)[O-])c2)cc1. The molecule has 0 aliphatic carbocycles. The fourth-order valence-electron chi connectivity index (χ4n) is 1.63. The van der Waals surface area contributed by atoms with Gasteiger partial charge in [0, 0.05) is 6.07 Å². The van der Waals surface area contributed by atoms with E-state index in [-0.39, 0.29) is 18.0 Å². The van der Waals surface area contributed by atoms with Crippen LogP contribution in [-0.2, 0) is 6.61 Å². The summed E-state index contributed by atoms with van der Waals surface area (Å²) < 4.78 is 23.6. The molecule has 0 N–H and O–H groups in total. The number of benzene rings is 2. The molecule has 0 atom stereocenters. The lowest BCUT2D eigenvalue weighted by molar-refractivity contribution is -0.385. The Bertz CT molecular complexity index is 613. The summed E-state index contributed by atoms with van der Waals surface area (Å²) in [4.78, 5) is 9.96. The Hall–Kier alpha value is -2.63. The first-order valence-corrected chi connectivity index (χ1v) is 5.79. The molecule has 6 heteroatoms. The number of rotatable bonds is 5. The summed E-state index contributed by atoms with van der Waals surface area (Å²) in [6, 6.07) is 10.3. The molecule has 0 saturated heterocycles. The van der Waals surface area contributed by atoms with Crippen LogP contribution in [0, 0.1) is 15.9 Å². The Morgan fingerprint density at radius 3 is 2.45 bits per heavy atom. The molecule has 0 aliphatic rings. The van der Waals surface area contributed by atoms with E-state index in [4.69, 9.17) is 9.47 Å². The number of methoxy groups -OCH3 is 1. The predicted octanol–water partition coefficient (Wildman–Crippen LogP) is 3.32. The topological polar surface area (TPSA) is 61.6 Å². The Balaban J connectivity index is 2.08. The van der Waals surface area contributed by atoms with Gasteiger partial charge in [-0.15, -0.1) is 0 Å². The van der Waals surface area contributed by atoms with Crippen LogP contribution in [0.3, 0.4) is 0 Å². The van der Waals surface area contributed by atoms with E-state index in [1.54, 1.807) is 31.4 Å². The van der Waals surface area contributed by atoms with Gasteiger partial charge in [0.15, 0.2) is 0 Å². The molecular weight excluding hydrogens is 265 g/mol. The van der Waals surface area contributed by atoms with Gasteiger partial charge < -0.3 is 9.47 Å². The van der Waals surface area contributed by atoms with Crippen LogP contribution in [0.5, 0.6) is 11.5 Å². The van der Waals surface area contributed by atoms with Crippen molar-refractivity contribution in [3.8, 4) is 11.5 Å². The van der Waals surface area contributed by atoms with Gasteiger partial charge in [0.25, 0.3) is 5.69 Å². The molecule has 0 radical (unpaired) electrons. The second-order valence-electron chi connectivity index (χ2n) is 4.04. The van der Waals surface area contributed by atoms with Gasteiger partial charge in [0.05, 0.1) is 24.2 Å². The molecule has 0 aromatic heterocycles. The van der Waals surface area contributed by atoms with Crippen molar-refractivity contribution in [2.24, 2.45) is 0 Å². The molecule has 0 aliphatic heterocycles. The lowest BCUT2D eigenvalue weighted by Gasteiger charge is -2.07. The third kappa shape index (κ3) is 3.44. The maximum absolute atomic E-state index is 13.2. The number of nitro benzene ring substituents is 1. The molecule has 0 unspecified atom stereocenters. The highest BCUT2D eigenvalue weighted by Crippen LogP contribution is 2.23. The first-order valence-electron chi connectivity index (χ1n) is 5.79. The Morgan fingerprint density at radius 1 is 1.15 bits per heavy atom. The first kappa shape index (κ1) is 13.8. The fourth-order valence-corrected chi connectivity index (χ4v) is 1.63. The lowest BCUT2D eigenvalue weighted by atomic mass is 10.2. The highest BCUT2D eigenvalue weighted by molar-refractivity contribution is 5.39. The van der Waals surface area contributed by atoms with Gasteiger partial charge in [-0.25, -0.2) is 4.39 Å². The standard InChI is InChI=1S/C14H12FNO4/c1-19-13-4-2-10(3-5-13)9-20-14-7-11(15)6-12(8-14)16(17)18/h2-8H,9H2,1H3. The van der Waals surface area contributed by atoms with Gasteiger partial charge in [-0.05, 0) is 17.7 Å². The summed E-state index contributed by atoms with van der Waals surface area (Å²) in [5.41, 5.74) is 0.507. The van der Waals surface area contributed by atoms with E-state index in [2.05, 4.69) is 0 Å². The van der Waals surface area contributed by atoms with Crippen LogP contribution in [0.25, 0.3) is 0 Å². The maximum atomic E-state index is 13.2. The average Bonchev–Trinajstić information content (AvgIpc) is 2.45. The molecule has 2 rings (SSSR count). The van der Waals surface area contributed by atoms with Gasteiger partial charge in [0.2, 0.25) is 0 Å². The van der Waals surface area contributed by atoms with Crippen molar-refractivity contribution in [2.45, 2.75) is 6.61 Å². The van der Waals surface area contributed by atoms with Crippen LogP contribution in [0.1, 0.15) is 5.56 Å². The van der Waals surface area contributed by atoms with Crippen LogP contribution in [0.4, 0.5) is 10.1 Å². The van der Waals surface area contributed by atoms with E-state index < -0.39 is 10.7 Å². The summed E-state index contributed by atoms with van der Waals surface area (Å²) in [6.07, 6.45) is 0. The molecule has 0 bridgehead atoms. The molecule has 0 saturated carbocycles. The van der Waals surface area contributed by atoms with E-state index in [1.165, 1.54) is 6.07 Å². The monoisotopic (exact) mass is 277 g/mol. The molecule has 0 heterocycles. The zero-order valence-electron chi connectivity index (χ0n) is 10.7. The van der Waals surface area contributed by atoms with Crippen molar-refractivity contribution in [3.05, 3.63) is 64.0 Å². The van der Waals surface area contributed by atoms with Crippen LogP contribution < -0.4 is 9.47 Å². The largest absolute Gasteiger partial charge is 0.497 e. The highest BCUT2D eigenvalue weighted by Gasteiger charge is 2.10. The van der Waals surface area contributed by atoms with Crippen molar-refractivity contribution in [2.75, 3.05) is 7.11 Å². The molecule has 0 amide bonds. The van der Waals surface area contributed by atoms with Crippen LogP contribution in [-0.4, -0.2) is 12.0 Å². The second-order valence-corrected chi connectivity index (χ2v) is 4.04. The van der Waals surface area contributed by atoms with Crippen molar-refractivity contribution in [3.63, 3.8) is 0 Å². The van der Waals surface area contributed by atoms with Gasteiger partial charge in [-0.3, -0.25) is 10.1 Å². The van der Waals surface area contributed by atoms with E-state index in [0.717, 1.165) is 23.4 Å². The average molecular weight is 277 g/mol. The number of non-ortho nitro benzene ring substituents is 1. The van der Waals surface area contributed by atoms with Gasteiger partial charge in [-0.1, -0.05) is 12.1 Å². The van der Waals surface area contributed by atoms with Crippen molar-refractivity contribution >= 4 is 5.69 Å². The zero-order chi connectivity index (χ0) is 14.5. The first-order chi connectivity index (χ1) is 9.58. The van der Waals surface area contributed by atoms with Gasteiger partial charge in [-0.2, -0.15) is 0 Å². The molecule has 2 aromatic rings. The molecule has 0 spiro atoms. The number of hydrogen-bond acceptors (Lipinski definition) is 4.